The van der Waals surface area contributed by atoms with Gasteiger partial charge in [0.2, 0.25) is 5.91 Å². The lowest BCUT2D eigenvalue weighted by molar-refractivity contribution is -0.133. The van der Waals surface area contributed by atoms with Gasteiger partial charge in [0.05, 0.1) is 10.7 Å². The summed E-state index contributed by atoms with van der Waals surface area (Å²) in [7, 11) is 0. The number of anilines is 1. The molecule has 0 bridgehead atoms. The maximum absolute atomic E-state index is 12.7. The molecule has 2 fully saturated rings. The standard InChI is InChI=1S/C14H14BrClN2O2/c1-7-13(19)17-12(8-2-3-8)14(20)18(7)11-6-9(15)4-5-10(11)16/h4-8,12H,2-3H2,1H3,(H,17,19). The van der Waals surface area contributed by atoms with Gasteiger partial charge in [-0.15, -0.1) is 0 Å². The van der Waals surface area contributed by atoms with Gasteiger partial charge in [0, 0.05) is 4.47 Å². The fourth-order valence-corrected chi connectivity index (χ4v) is 3.10. The summed E-state index contributed by atoms with van der Waals surface area (Å²) in [6.45, 7) is 1.72. The molecule has 0 radical (unpaired) electrons. The first-order valence-corrected chi connectivity index (χ1v) is 7.74. The number of halogens is 2. The van der Waals surface area contributed by atoms with Crippen molar-refractivity contribution >= 4 is 45.0 Å². The minimum Gasteiger partial charge on any atom is -0.342 e. The number of piperazine rings is 1. The molecule has 3 rings (SSSR count). The van der Waals surface area contributed by atoms with Crippen LogP contribution in [0.15, 0.2) is 22.7 Å². The third-order valence-corrected chi connectivity index (χ3v) is 4.64. The molecule has 1 heterocycles. The Kier molecular flexibility index (Phi) is 3.50. The lowest BCUT2D eigenvalue weighted by atomic mass is 10.0. The summed E-state index contributed by atoms with van der Waals surface area (Å²) in [6, 6.07) is 4.35. The number of nitrogens with one attached hydrogen (secondary N) is 1. The van der Waals surface area contributed by atoms with Gasteiger partial charge in [-0.25, -0.2) is 0 Å². The highest BCUT2D eigenvalue weighted by Gasteiger charge is 2.46. The largest absolute Gasteiger partial charge is 0.342 e. The quantitative estimate of drug-likeness (QED) is 0.885. The van der Waals surface area contributed by atoms with E-state index in [1.165, 1.54) is 4.90 Å². The fraction of sp³-hybridized carbons (Fsp3) is 0.429. The number of hydrogen-bond donors (Lipinski definition) is 1. The molecule has 1 N–H and O–H groups in total. The molecule has 1 saturated heterocycles. The van der Waals surface area contributed by atoms with Crippen LogP contribution in [0.5, 0.6) is 0 Å². The van der Waals surface area contributed by atoms with E-state index in [4.69, 9.17) is 11.6 Å². The summed E-state index contributed by atoms with van der Waals surface area (Å²) >= 11 is 9.58. The number of hydrogen-bond acceptors (Lipinski definition) is 2. The van der Waals surface area contributed by atoms with Crippen LogP contribution >= 0.6 is 27.5 Å². The molecule has 4 nitrogen and oxygen atoms in total. The van der Waals surface area contributed by atoms with Crippen molar-refractivity contribution in [3.05, 3.63) is 27.7 Å². The molecular formula is C14H14BrClN2O2. The first-order valence-electron chi connectivity index (χ1n) is 6.57. The summed E-state index contributed by atoms with van der Waals surface area (Å²) in [5.41, 5.74) is 0.582. The second kappa shape index (κ2) is 5.04. The zero-order valence-electron chi connectivity index (χ0n) is 10.9. The zero-order chi connectivity index (χ0) is 14.4. The second-order valence-electron chi connectivity index (χ2n) is 5.30. The Morgan fingerprint density at radius 2 is 2.05 bits per heavy atom. The van der Waals surface area contributed by atoms with Gasteiger partial charge in [0.25, 0.3) is 5.91 Å². The molecule has 0 aromatic heterocycles. The van der Waals surface area contributed by atoms with Gasteiger partial charge in [0.1, 0.15) is 12.1 Å². The van der Waals surface area contributed by atoms with Crippen LogP contribution in [0.1, 0.15) is 19.8 Å². The SMILES string of the molecule is CC1C(=O)NC(C2CC2)C(=O)N1c1cc(Br)ccc1Cl. The van der Waals surface area contributed by atoms with E-state index in [9.17, 15) is 9.59 Å². The van der Waals surface area contributed by atoms with E-state index in [0.717, 1.165) is 17.3 Å². The van der Waals surface area contributed by atoms with Gasteiger partial charge >= 0.3 is 0 Å². The van der Waals surface area contributed by atoms with Crippen LogP contribution in [0.3, 0.4) is 0 Å². The van der Waals surface area contributed by atoms with Crippen molar-refractivity contribution in [1.29, 1.82) is 0 Å². The molecule has 0 spiro atoms. The van der Waals surface area contributed by atoms with Crippen molar-refractivity contribution in [3.8, 4) is 0 Å². The Labute approximate surface area is 130 Å². The van der Waals surface area contributed by atoms with Crippen LogP contribution in [0.2, 0.25) is 5.02 Å². The zero-order valence-corrected chi connectivity index (χ0v) is 13.2. The summed E-state index contributed by atoms with van der Waals surface area (Å²) in [5.74, 6) is 0.0736. The molecule has 2 amide bonds. The first-order chi connectivity index (χ1) is 9.49. The molecule has 2 aliphatic rings. The van der Waals surface area contributed by atoms with Gasteiger partial charge in [-0.05, 0) is 43.9 Å². The van der Waals surface area contributed by atoms with Crippen molar-refractivity contribution < 1.29 is 9.59 Å². The van der Waals surface area contributed by atoms with Crippen LogP contribution in [0.25, 0.3) is 0 Å². The maximum atomic E-state index is 12.7. The second-order valence-corrected chi connectivity index (χ2v) is 6.63. The van der Waals surface area contributed by atoms with Crippen molar-refractivity contribution in [2.75, 3.05) is 4.90 Å². The van der Waals surface area contributed by atoms with E-state index in [0.29, 0.717) is 10.7 Å². The molecule has 20 heavy (non-hydrogen) atoms. The molecule has 1 aliphatic heterocycles. The lowest BCUT2D eigenvalue weighted by Crippen LogP contribution is -2.63. The van der Waals surface area contributed by atoms with Crippen LogP contribution < -0.4 is 10.2 Å². The maximum Gasteiger partial charge on any atom is 0.250 e. The fourth-order valence-electron chi connectivity index (χ4n) is 2.54. The third-order valence-electron chi connectivity index (χ3n) is 3.83. The van der Waals surface area contributed by atoms with Crippen molar-refractivity contribution in [3.63, 3.8) is 0 Å². The minimum absolute atomic E-state index is 0.0698. The van der Waals surface area contributed by atoms with E-state index < -0.39 is 12.1 Å². The van der Waals surface area contributed by atoms with Crippen molar-refractivity contribution in [2.24, 2.45) is 5.92 Å². The lowest BCUT2D eigenvalue weighted by Gasteiger charge is -2.38. The average molecular weight is 358 g/mol. The van der Waals surface area contributed by atoms with E-state index >= 15 is 0 Å². The Bertz CT molecular complexity index is 589. The number of amides is 2. The first kappa shape index (κ1) is 13.9. The number of carbonyl (C=O) groups is 2. The van der Waals surface area contributed by atoms with E-state index in [1.807, 2.05) is 6.07 Å². The number of nitrogens with zero attached hydrogens (tertiary/aromatic N) is 1. The molecule has 2 unspecified atom stereocenters. The van der Waals surface area contributed by atoms with Crippen LogP contribution in [-0.4, -0.2) is 23.9 Å². The minimum atomic E-state index is -0.552. The van der Waals surface area contributed by atoms with Crippen LogP contribution in [0, 0.1) is 5.92 Å². The number of rotatable bonds is 2. The van der Waals surface area contributed by atoms with Crippen LogP contribution in [-0.2, 0) is 9.59 Å². The van der Waals surface area contributed by atoms with Gasteiger partial charge in [0.15, 0.2) is 0 Å². The van der Waals surface area contributed by atoms with E-state index in [-0.39, 0.29) is 17.7 Å². The van der Waals surface area contributed by atoms with Gasteiger partial charge in [-0.2, -0.15) is 0 Å². The molecule has 1 aliphatic carbocycles. The normalized spacial score (nSPS) is 26.6. The Morgan fingerprint density at radius 1 is 1.35 bits per heavy atom. The van der Waals surface area contributed by atoms with Crippen molar-refractivity contribution in [2.45, 2.75) is 31.8 Å². The smallest absolute Gasteiger partial charge is 0.250 e. The Balaban J connectivity index is 2.01. The van der Waals surface area contributed by atoms with Crippen molar-refractivity contribution in [1.82, 2.24) is 5.32 Å². The number of carbonyl (C=O) groups excluding carboxylic acids is 2. The van der Waals surface area contributed by atoms with Gasteiger partial charge < -0.3 is 5.32 Å². The highest BCUT2D eigenvalue weighted by atomic mass is 79.9. The summed E-state index contributed by atoms with van der Waals surface area (Å²) in [4.78, 5) is 26.3. The Hall–Kier alpha value is -1.07. The van der Waals surface area contributed by atoms with Gasteiger partial charge in [-0.3, -0.25) is 14.5 Å². The summed E-state index contributed by atoms with van der Waals surface area (Å²) < 4.78 is 0.825. The Morgan fingerprint density at radius 3 is 2.70 bits per heavy atom. The third kappa shape index (κ3) is 2.33. The predicted molar refractivity (Wildman–Crippen MR) is 80.8 cm³/mol. The molecule has 1 saturated carbocycles. The average Bonchev–Trinajstić information content (AvgIpc) is 3.22. The molecule has 6 heteroatoms. The molecule has 2 atom stereocenters. The molecule has 1 aromatic rings. The molecule has 106 valence electrons. The topological polar surface area (TPSA) is 49.4 Å². The summed E-state index contributed by atoms with van der Waals surface area (Å²) in [6.07, 6.45) is 1.98. The van der Waals surface area contributed by atoms with Gasteiger partial charge in [-0.1, -0.05) is 27.5 Å². The molecular weight excluding hydrogens is 344 g/mol. The predicted octanol–water partition coefficient (Wildman–Crippen LogP) is 2.73. The molecule has 1 aromatic carbocycles. The van der Waals surface area contributed by atoms with Crippen LogP contribution in [0.4, 0.5) is 5.69 Å². The van der Waals surface area contributed by atoms with E-state index in [2.05, 4.69) is 21.2 Å². The number of benzene rings is 1. The summed E-state index contributed by atoms with van der Waals surface area (Å²) in [5, 5.41) is 3.30. The van der Waals surface area contributed by atoms with E-state index in [1.54, 1.807) is 19.1 Å². The highest BCUT2D eigenvalue weighted by Crippen LogP contribution is 2.38. The highest BCUT2D eigenvalue weighted by molar-refractivity contribution is 9.10. The monoisotopic (exact) mass is 356 g/mol.